The van der Waals surface area contributed by atoms with Crippen molar-refractivity contribution < 1.29 is 5.11 Å². The van der Waals surface area contributed by atoms with E-state index in [-0.39, 0.29) is 11.5 Å². The number of hydrogen-bond donors (Lipinski definition) is 1. The van der Waals surface area contributed by atoms with E-state index in [2.05, 4.69) is 32.7 Å². The largest absolute Gasteiger partial charge is 0.392 e. The third-order valence-corrected chi connectivity index (χ3v) is 3.73. The van der Waals surface area contributed by atoms with Gasteiger partial charge in [-0.25, -0.2) is 0 Å². The molecule has 2 nitrogen and oxygen atoms in total. The van der Waals surface area contributed by atoms with Crippen LogP contribution in [-0.2, 0) is 0 Å². The van der Waals surface area contributed by atoms with Crippen LogP contribution in [0.15, 0.2) is 0 Å². The van der Waals surface area contributed by atoms with Crippen LogP contribution in [-0.4, -0.2) is 36.2 Å². The Hall–Kier alpha value is -0.0800. The normalized spacial score (nSPS) is 32.1. The molecule has 1 aliphatic carbocycles. The van der Waals surface area contributed by atoms with E-state index in [0.717, 1.165) is 13.1 Å². The van der Waals surface area contributed by atoms with Crippen LogP contribution in [0.25, 0.3) is 0 Å². The van der Waals surface area contributed by atoms with Gasteiger partial charge >= 0.3 is 0 Å². The van der Waals surface area contributed by atoms with Crippen molar-refractivity contribution in [1.82, 2.24) is 4.90 Å². The number of aliphatic hydroxyl groups excluding tert-OH is 1. The van der Waals surface area contributed by atoms with Crippen LogP contribution in [0.5, 0.6) is 0 Å². The number of rotatable bonds is 3. The fraction of sp³-hybridized carbons (Fsp3) is 1.00. The molecule has 1 N–H and O–H groups in total. The molecule has 0 amide bonds. The summed E-state index contributed by atoms with van der Waals surface area (Å²) in [6.45, 7) is 8.66. The molecule has 1 rings (SSSR count). The van der Waals surface area contributed by atoms with Gasteiger partial charge < -0.3 is 10.0 Å². The summed E-state index contributed by atoms with van der Waals surface area (Å²) in [5.41, 5.74) is 0.123. The molecule has 2 unspecified atom stereocenters. The van der Waals surface area contributed by atoms with Crippen LogP contribution in [0, 0.1) is 11.3 Å². The third kappa shape index (κ3) is 2.71. The van der Waals surface area contributed by atoms with Gasteiger partial charge in [-0.3, -0.25) is 0 Å². The Morgan fingerprint density at radius 3 is 2.64 bits per heavy atom. The lowest BCUT2D eigenvalue weighted by atomic mass is 9.69. The second kappa shape index (κ2) is 4.63. The minimum absolute atomic E-state index is 0.120. The first-order chi connectivity index (χ1) is 6.47. The van der Waals surface area contributed by atoms with Gasteiger partial charge in [0.05, 0.1) is 6.10 Å². The molecule has 0 aliphatic heterocycles. The van der Waals surface area contributed by atoms with E-state index >= 15 is 0 Å². The summed E-state index contributed by atoms with van der Waals surface area (Å²) in [4.78, 5) is 2.30. The van der Waals surface area contributed by atoms with Crippen LogP contribution >= 0.6 is 0 Å². The van der Waals surface area contributed by atoms with Crippen molar-refractivity contribution in [1.29, 1.82) is 0 Å². The molecule has 84 valence electrons. The quantitative estimate of drug-likeness (QED) is 0.752. The zero-order valence-electron chi connectivity index (χ0n) is 10.1. The van der Waals surface area contributed by atoms with Crippen molar-refractivity contribution in [2.75, 3.05) is 20.1 Å². The van der Waals surface area contributed by atoms with Crippen molar-refractivity contribution in [2.24, 2.45) is 11.3 Å². The smallest absolute Gasteiger partial charge is 0.0631 e. The van der Waals surface area contributed by atoms with Crippen molar-refractivity contribution in [3.05, 3.63) is 0 Å². The molecule has 0 heterocycles. The summed E-state index contributed by atoms with van der Waals surface area (Å²) in [5, 5.41) is 10.2. The van der Waals surface area contributed by atoms with Crippen LogP contribution in [0.4, 0.5) is 0 Å². The van der Waals surface area contributed by atoms with Gasteiger partial charge in [0.1, 0.15) is 0 Å². The van der Waals surface area contributed by atoms with Crippen molar-refractivity contribution in [3.63, 3.8) is 0 Å². The molecule has 14 heavy (non-hydrogen) atoms. The van der Waals surface area contributed by atoms with E-state index in [1.165, 1.54) is 19.3 Å². The molecule has 0 aromatic heterocycles. The van der Waals surface area contributed by atoms with Gasteiger partial charge in [0, 0.05) is 6.54 Å². The fourth-order valence-corrected chi connectivity index (χ4v) is 2.48. The highest BCUT2D eigenvalue weighted by Crippen LogP contribution is 2.39. The lowest BCUT2D eigenvalue weighted by molar-refractivity contribution is -0.0405. The van der Waals surface area contributed by atoms with Gasteiger partial charge in [0.25, 0.3) is 0 Å². The molecule has 0 saturated heterocycles. The molecule has 2 atom stereocenters. The van der Waals surface area contributed by atoms with Crippen LogP contribution < -0.4 is 0 Å². The molecule has 0 aromatic rings. The Labute approximate surface area is 88.3 Å². The summed E-state index contributed by atoms with van der Waals surface area (Å²) in [6.07, 6.45) is 3.51. The SMILES string of the molecule is CCN(C)CC1CCCC(C)(C)C1O. The summed E-state index contributed by atoms with van der Waals surface area (Å²) in [5.74, 6) is 0.476. The molecule has 0 aromatic carbocycles. The van der Waals surface area contributed by atoms with Gasteiger partial charge in [-0.2, -0.15) is 0 Å². The summed E-state index contributed by atoms with van der Waals surface area (Å²) >= 11 is 0. The Morgan fingerprint density at radius 2 is 2.07 bits per heavy atom. The van der Waals surface area contributed by atoms with Crippen LogP contribution in [0.3, 0.4) is 0 Å². The Balaban J connectivity index is 2.52. The minimum Gasteiger partial charge on any atom is -0.392 e. The van der Waals surface area contributed by atoms with Crippen LogP contribution in [0.1, 0.15) is 40.0 Å². The molecular formula is C12H25NO. The lowest BCUT2D eigenvalue weighted by Crippen LogP contribution is -2.44. The van der Waals surface area contributed by atoms with Gasteiger partial charge in [-0.15, -0.1) is 0 Å². The molecule has 1 saturated carbocycles. The second-order valence-electron chi connectivity index (χ2n) is 5.44. The lowest BCUT2D eigenvalue weighted by Gasteiger charge is -2.42. The molecular weight excluding hydrogens is 174 g/mol. The molecule has 0 radical (unpaired) electrons. The highest BCUT2D eigenvalue weighted by Gasteiger charge is 2.37. The van der Waals surface area contributed by atoms with E-state index in [4.69, 9.17) is 0 Å². The predicted molar refractivity (Wildman–Crippen MR) is 60.3 cm³/mol. The summed E-state index contributed by atoms with van der Waals surface area (Å²) in [7, 11) is 2.13. The van der Waals surface area contributed by atoms with Crippen molar-refractivity contribution in [2.45, 2.75) is 46.1 Å². The minimum atomic E-state index is -0.120. The molecule has 1 fully saturated rings. The molecule has 0 spiro atoms. The monoisotopic (exact) mass is 199 g/mol. The highest BCUT2D eigenvalue weighted by atomic mass is 16.3. The van der Waals surface area contributed by atoms with E-state index in [9.17, 15) is 5.11 Å². The van der Waals surface area contributed by atoms with Gasteiger partial charge in [-0.1, -0.05) is 27.2 Å². The maximum absolute atomic E-state index is 10.2. The second-order valence-corrected chi connectivity index (χ2v) is 5.44. The maximum atomic E-state index is 10.2. The molecule has 1 aliphatic rings. The number of hydrogen-bond acceptors (Lipinski definition) is 2. The van der Waals surface area contributed by atoms with Crippen molar-refractivity contribution in [3.8, 4) is 0 Å². The van der Waals surface area contributed by atoms with Gasteiger partial charge in [0.2, 0.25) is 0 Å². The third-order valence-electron chi connectivity index (χ3n) is 3.73. The zero-order chi connectivity index (χ0) is 10.8. The number of aliphatic hydroxyl groups is 1. The standard InChI is InChI=1S/C12H25NO/c1-5-13(4)9-10-7-6-8-12(2,3)11(10)14/h10-11,14H,5-9H2,1-4H3. The van der Waals surface area contributed by atoms with Gasteiger partial charge in [-0.05, 0) is 37.8 Å². The first-order valence-electron chi connectivity index (χ1n) is 5.84. The maximum Gasteiger partial charge on any atom is 0.0631 e. The van der Waals surface area contributed by atoms with Crippen molar-refractivity contribution >= 4 is 0 Å². The highest BCUT2D eigenvalue weighted by molar-refractivity contribution is 4.88. The Bertz CT molecular complexity index is 179. The predicted octanol–water partition coefficient (Wildman–Crippen LogP) is 2.13. The Morgan fingerprint density at radius 1 is 1.43 bits per heavy atom. The van der Waals surface area contributed by atoms with E-state index < -0.39 is 0 Å². The molecule has 2 heteroatoms. The molecule has 0 bridgehead atoms. The average Bonchev–Trinajstić information content (AvgIpc) is 2.12. The summed E-state index contributed by atoms with van der Waals surface area (Å²) < 4.78 is 0. The fourth-order valence-electron chi connectivity index (χ4n) is 2.48. The van der Waals surface area contributed by atoms with E-state index in [1.54, 1.807) is 0 Å². The van der Waals surface area contributed by atoms with E-state index in [1.807, 2.05) is 0 Å². The number of nitrogens with zero attached hydrogens (tertiary/aromatic N) is 1. The van der Waals surface area contributed by atoms with E-state index in [0.29, 0.717) is 5.92 Å². The van der Waals surface area contributed by atoms with Gasteiger partial charge in [0.15, 0.2) is 0 Å². The summed E-state index contributed by atoms with van der Waals surface area (Å²) in [6, 6.07) is 0. The first-order valence-corrected chi connectivity index (χ1v) is 5.84. The zero-order valence-corrected chi connectivity index (χ0v) is 10.1. The topological polar surface area (TPSA) is 23.5 Å². The average molecular weight is 199 g/mol. The Kier molecular flexibility index (Phi) is 3.96. The van der Waals surface area contributed by atoms with Crippen LogP contribution in [0.2, 0.25) is 0 Å². The first kappa shape index (κ1) is 12.0.